The first-order chi connectivity index (χ1) is 12.0. The number of rotatable bonds is 5. The summed E-state index contributed by atoms with van der Waals surface area (Å²) in [6.45, 7) is 2.91. The van der Waals surface area contributed by atoms with Gasteiger partial charge in [-0.15, -0.1) is 0 Å². The van der Waals surface area contributed by atoms with E-state index < -0.39 is 38.8 Å². The summed E-state index contributed by atoms with van der Waals surface area (Å²) in [5.74, 6) is -3.33. The highest BCUT2D eigenvalue weighted by molar-refractivity contribution is 7.94. The molecule has 2 aromatic rings. The Morgan fingerprint density at radius 1 is 1.19 bits per heavy atom. The molecule has 138 valence electrons. The van der Waals surface area contributed by atoms with Gasteiger partial charge in [-0.2, -0.15) is 0 Å². The Bertz CT molecular complexity index is 1020. The van der Waals surface area contributed by atoms with Gasteiger partial charge in [-0.25, -0.2) is 22.2 Å². The van der Waals surface area contributed by atoms with Gasteiger partial charge in [0, 0.05) is 11.2 Å². The molecule has 0 aliphatic heterocycles. The Morgan fingerprint density at radius 3 is 2.27 bits per heavy atom. The monoisotopic (exact) mass is 382 g/mol. The van der Waals surface area contributed by atoms with Gasteiger partial charge >= 0.3 is 0 Å². The Morgan fingerprint density at radius 2 is 1.77 bits per heavy atom. The van der Waals surface area contributed by atoms with Crippen LogP contribution in [0.3, 0.4) is 0 Å². The minimum absolute atomic E-state index is 0.0809. The molecule has 0 aliphatic carbocycles. The van der Waals surface area contributed by atoms with E-state index in [1.807, 2.05) is 0 Å². The van der Waals surface area contributed by atoms with Crippen molar-refractivity contribution in [1.29, 1.82) is 0 Å². The molecule has 1 heterocycles. The van der Waals surface area contributed by atoms with Gasteiger partial charge < -0.3 is 10.2 Å². The van der Waals surface area contributed by atoms with Crippen LogP contribution < -0.4 is 5.73 Å². The number of amides is 1. The third-order valence-electron chi connectivity index (χ3n) is 3.55. The summed E-state index contributed by atoms with van der Waals surface area (Å²) < 4.78 is 56.1. The number of oxazole rings is 1. The zero-order chi connectivity index (χ0) is 19.6. The van der Waals surface area contributed by atoms with E-state index in [9.17, 15) is 22.0 Å². The first kappa shape index (κ1) is 19.5. The van der Waals surface area contributed by atoms with Crippen LogP contribution in [-0.4, -0.2) is 25.6 Å². The second kappa shape index (κ2) is 7.20. The minimum atomic E-state index is -3.38. The first-order valence-electron chi connectivity index (χ1n) is 7.33. The van der Waals surface area contributed by atoms with Crippen LogP contribution in [0.4, 0.5) is 8.78 Å². The normalized spacial score (nSPS) is 13.1. The fraction of sp³-hybridized carbons (Fsp3) is 0.176. The number of hydrogen-bond donors (Lipinski definition) is 1. The predicted octanol–water partition coefficient (Wildman–Crippen LogP) is 3.07. The molecule has 0 spiro atoms. The number of nitrogens with zero attached hydrogens (tertiary/aromatic N) is 1. The third-order valence-corrected chi connectivity index (χ3v) is 4.85. The molecule has 0 fully saturated rings. The maximum atomic E-state index is 13.9. The largest absolute Gasteiger partial charge is 0.435 e. The molecule has 1 aromatic heterocycles. The van der Waals surface area contributed by atoms with E-state index in [0.29, 0.717) is 5.57 Å². The van der Waals surface area contributed by atoms with E-state index in [-0.39, 0.29) is 16.4 Å². The Labute approximate surface area is 149 Å². The van der Waals surface area contributed by atoms with Crippen LogP contribution in [0.15, 0.2) is 39.7 Å². The smallest absolute Gasteiger partial charge is 0.271 e. The molecule has 2 N–H and O–H groups in total. The number of primary amides is 1. The van der Waals surface area contributed by atoms with Gasteiger partial charge in [0.05, 0.1) is 0 Å². The lowest BCUT2D eigenvalue weighted by Crippen LogP contribution is -2.13. The summed E-state index contributed by atoms with van der Waals surface area (Å²) in [5.41, 5.74) is 4.71. The van der Waals surface area contributed by atoms with Crippen molar-refractivity contribution in [1.82, 2.24) is 4.98 Å². The van der Waals surface area contributed by atoms with Crippen LogP contribution in [-0.2, 0) is 9.84 Å². The molecule has 0 radical (unpaired) electrons. The van der Waals surface area contributed by atoms with Crippen molar-refractivity contribution in [3.8, 4) is 11.5 Å². The second-order valence-corrected chi connectivity index (χ2v) is 7.75. The van der Waals surface area contributed by atoms with Gasteiger partial charge in [-0.3, -0.25) is 4.79 Å². The van der Waals surface area contributed by atoms with Crippen molar-refractivity contribution in [2.45, 2.75) is 13.8 Å². The average Bonchev–Trinajstić information content (AvgIpc) is 2.96. The van der Waals surface area contributed by atoms with Crippen LogP contribution in [0.2, 0.25) is 0 Å². The van der Waals surface area contributed by atoms with E-state index in [0.717, 1.165) is 18.4 Å². The number of halogens is 2. The molecule has 2 rings (SSSR count). The topological polar surface area (TPSA) is 103 Å². The Balaban J connectivity index is 2.60. The standard InChI is InChI=1S/C17H16F2N2O4S/c1-9(7-8-10(2)26(3,23)24)15-14(16(20)22)21-17(25-15)13-11(18)5-4-6-12(13)19/h4-8H,1-3H3,(H2,20,22). The zero-order valence-electron chi connectivity index (χ0n) is 14.2. The van der Waals surface area contributed by atoms with Crippen LogP contribution in [0.5, 0.6) is 0 Å². The zero-order valence-corrected chi connectivity index (χ0v) is 15.0. The second-order valence-electron chi connectivity index (χ2n) is 5.56. The Kier molecular flexibility index (Phi) is 5.41. The molecule has 0 aliphatic rings. The molecular weight excluding hydrogens is 366 g/mol. The molecule has 0 saturated heterocycles. The SMILES string of the molecule is CC(=CC=C(C)S(C)(=O)=O)c1oc(-c2c(F)cccc2F)nc1C(N)=O. The predicted molar refractivity (Wildman–Crippen MR) is 92.6 cm³/mol. The third kappa shape index (κ3) is 4.05. The number of carbonyl (C=O) groups excluding carboxylic acids is 1. The van der Waals surface area contributed by atoms with Crippen molar-refractivity contribution < 1.29 is 26.4 Å². The number of aromatic nitrogens is 1. The number of hydrogen-bond acceptors (Lipinski definition) is 5. The van der Waals surface area contributed by atoms with Gasteiger partial charge in [-0.05, 0) is 37.6 Å². The maximum Gasteiger partial charge on any atom is 0.271 e. The molecule has 9 heteroatoms. The molecule has 6 nitrogen and oxygen atoms in total. The van der Waals surface area contributed by atoms with Gasteiger partial charge in [0.15, 0.2) is 21.3 Å². The van der Waals surface area contributed by atoms with Crippen LogP contribution in [0.1, 0.15) is 30.1 Å². The molecule has 1 aromatic carbocycles. The Hall–Kier alpha value is -2.81. The summed E-state index contributed by atoms with van der Waals surface area (Å²) in [6.07, 6.45) is 3.73. The lowest BCUT2D eigenvalue weighted by Gasteiger charge is -2.00. The lowest BCUT2D eigenvalue weighted by molar-refractivity contribution is 0.0995. The average molecular weight is 382 g/mol. The quantitative estimate of drug-likeness (QED) is 0.801. The summed E-state index contributed by atoms with van der Waals surface area (Å²) in [6, 6.07) is 3.22. The van der Waals surface area contributed by atoms with Crippen LogP contribution in [0, 0.1) is 11.6 Å². The van der Waals surface area contributed by atoms with E-state index >= 15 is 0 Å². The van der Waals surface area contributed by atoms with Crippen molar-refractivity contribution in [3.63, 3.8) is 0 Å². The molecule has 0 unspecified atom stereocenters. The first-order valence-corrected chi connectivity index (χ1v) is 9.22. The molecule has 0 bridgehead atoms. The summed E-state index contributed by atoms with van der Waals surface area (Å²) >= 11 is 0. The van der Waals surface area contributed by atoms with Crippen LogP contribution in [0.25, 0.3) is 17.0 Å². The van der Waals surface area contributed by atoms with Gasteiger partial charge in [0.2, 0.25) is 5.89 Å². The molecule has 26 heavy (non-hydrogen) atoms. The summed E-state index contributed by atoms with van der Waals surface area (Å²) in [7, 11) is -3.38. The highest BCUT2D eigenvalue weighted by Crippen LogP contribution is 2.30. The molecule has 0 atom stereocenters. The molecular formula is C17H16F2N2O4S. The molecule has 0 saturated carbocycles. The highest BCUT2D eigenvalue weighted by atomic mass is 32.2. The minimum Gasteiger partial charge on any atom is -0.435 e. The van der Waals surface area contributed by atoms with Crippen molar-refractivity contribution >= 4 is 21.3 Å². The number of carbonyl (C=O) groups is 1. The van der Waals surface area contributed by atoms with Crippen molar-refractivity contribution in [2.24, 2.45) is 5.73 Å². The maximum absolute atomic E-state index is 13.9. The van der Waals surface area contributed by atoms with Crippen molar-refractivity contribution in [2.75, 3.05) is 6.26 Å². The number of nitrogens with two attached hydrogens (primary N) is 1. The number of benzene rings is 1. The summed E-state index contributed by atoms with van der Waals surface area (Å²) in [5, 5.41) is 0. The number of sulfone groups is 1. The van der Waals surface area contributed by atoms with Gasteiger partial charge in [-0.1, -0.05) is 12.1 Å². The fourth-order valence-corrected chi connectivity index (χ4v) is 2.32. The van der Waals surface area contributed by atoms with Gasteiger partial charge in [0.25, 0.3) is 5.91 Å². The highest BCUT2D eigenvalue weighted by Gasteiger charge is 2.23. The fourth-order valence-electron chi connectivity index (χ4n) is 2.01. The van der Waals surface area contributed by atoms with E-state index in [4.69, 9.17) is 10.2 Å². The van der Waals surface area contributed by atoms with Gasteiger partial charge in [0.1, 0.15) is 17.2 Å². The number of allylic oxidation sites excluding steroid dienone is 4. The van der Waals surface area contributed by atoms with Crippen molar-refractivity contribution in [3.05, 3.63) is 58.3 Å². The summed E-state index contributed by atoms with van der Waals surface area (Å²) in [4.78, 5) is 15.5. The van der Waals surface area contributed by atoms with Crippen LogP contribution >= 0.6 is 0 Å². The van der Waals surface area contributed by atoms with E-state index in [2.05, 4.69) is 4.98 Å². The molecule has 1 amide bonds. The van der Waals surface area contributed by atoms with E-state index in [1.165, 1.54) is 32.1 Å². The van der Waals surface area contributed by atoms with E-state index in [1.54, 1.807) is 0 Å². The lowest BCUT2D eigenvalue weighted by atomic mass is 10.1.